The van der Waals surface area contributed by atoms with E-state index in [9.17, 15) is 0 Å². The molecule has 86 valence electrons. The second-order valence-corrected chi connectivity index (χ2v) is 4.19. The highest BCUT2D eigenvalue weighted by atomic mass is 35.5. The highest BCUT2D eigenvalue weighted by Crippen LogP contribution is 2.28. The van der Waals surface area contributed by atoms with Crippen LogP contribution in [-0.2, 0) is 0 Å². The van der Waals surface area contributed by atoms with Crippen molar-refractivity contribution in [3.8, 4) is 12.3 Å². The van der Waals surface area contributed by atoms with E-state index in [2.05, 4.69) is 24.2 Å². The molecule has 0 spiro atoms. The Labute approximate surface area is 103 Å². The van der Waals surface area contributed by atoms with E-state index < -0.39 is 0 Å². The minimum Gasteiger partial charge on any atom is -0.362 e. The van der Waals surface area contributed by atoms with Gasteiger partial charge in [-0.3, -0.25) is 0 Å². The molecule has 0 amide bonds. The molecule has 0 aliphatic rings. The molecule has 1 rings (SSSR count). The van der Waals surface area contributed by atoms with Crippen LogP contribution in [0.5, 0.6) is 0 Å². The van der Waals surface area contributed by atoms with Gasteiger partial charge in [-0.25, -0.2) is 0 Å². The van der Waals surface area contributed by atoms with Crippen LogP contribution in [0.4, 0.5) is 5.69 Å². The second kappa shape index (κ2) is 5.79. The summed E-state index contributed by atoms with van der Waals surface area (Å²) in [4.78, 5) is 1.95. The molecule has 0 radical (unpaired) electrons. The first-order valence-corrected chi connectivity index (χ1v) is 5.59. The van der Waals surface area contributed by atoms with Crippen molar-refractivity contribution in [2.75, 3.05) is 25.5 Å². The lowest BCUT2D eigenvalue weighted by Gasteiger charge is -2.19. The molecule has 3 heteroatoms. The quantitative estimate of drug-likeness (QED) is 0.809. The van der Waals surface area contributed by atoms with Crippen molar-refractivity contribution in [2.24, 2.45) is 0 Å². The van der Waals surface area contributed by atoms with Gasteiger partial charge in [0.25, 0.3) is 0 Å². The van der Waals surface area contributed by atoms with E-state index in [0.717, 1.165) is 10.7 Å². The molecule has 1 unspecified atom stereocenters. The SMILES string of the molecule is C#CCN(C)c1ccc(C(C)NC)cc1Cl. The molecular formula is C13H17ClN2. The summed E-state index contributed by atoms with van der Waals surface area (Å²) >= 11 is 6.22. The van der Waals surface area contributed by atoms with Gasteiger partial charge in [0, 0.05) is 13.1 Å². The summed E-state index contributed by atoms with van der Waals surface area (Å²) in [5.41, 5.74) is 2.14. The van der Waals surface area contributed by atoms with Crippen LogP contribution in [0.15, 0.2) is 18.2 Å². The van der Waals surface area contributed by atoms with Crippen LogP contribution in [0.25, 0.3) is 0 Å². The number of terminal acetylenes is 1. The summed E-state index contributed by atoms with van der Waals surface area (Å²) in [6, 6.07) is 6.34. The van der Waals surface area contributed by atoms with E-state index in [1.807, 2.05) is 31.1 Å². The molecule has 0 fully saturated rings. The second-order valence-electron chi connectivity index (χ2n) is 3.78. The monoisotopic (exact) mass is 236 g/mol. The van der Waals surface area contributed by atoms with Gasteiger partial charge in [0.1, 0.15) is 0 Å². The highest BCUT2D eigenvalue weighted by Gasteiger charge is 2.08. The lowest BCUT2D eigenvalue weighted by molar-refractivity contribution is 0.652. The van der Waals surface area contributed by atoms with Crippen LogP contribution in [-0.4, -0.2) is 20.6 Å². The van der Waals surface area contributed by atoms with Gasteiger partial charge in [-0.2, -0.15) is 0 Å². The van der Waals surface area contributed by atoms with E-state index in [-0.39, 0.29) is 0 Å². The van der Waals surface area contributed by atoms with Gasteiger partial charge in [0.2, 0.25) is 0 Å². The topological polar surface area (TPSA) is 15.3 Å². The number of rotatable bonds is 4. The molecule has 2 nitrogen and oxygen atoms in total. The third kappa shape index (κ3) is 2.91. The Balaban J connectivity index is 2.96. The van der Waals surface area contributed by atoms with Crippen molar-refractivity contribution in [3.63, 3.8) is 0 Å². The number of anilines is 1. The van der Waals surface area contributed by atoms with Crippen molar-refractivity contribution < 1.29 is 0 Å². The fraction of sp³-hybridized carbons (Fsp3) is 0.385. The summed E-state index contributed by atoms with van der Waals surface area (Å²) in [5, 5.41) is 3.91. The van der Waals surface area contributed by atoms with Gasteiger partial charge in [-0.1, -0.05) is 23.6 Å². The van der Waals surface area contributed by atoms with Gasteiger partial charge in [0.15, 0.2) is 0 Å². The summed E-state index contributed by atoms with van der Waals surface area (Å²) in [6.45, 7) is 2.65. The molecule has 0 aliphatic carbocycles. The predicted molar refractivity (Wildman–Crippen MR) is 71.0 cm³/mol. The third-order valence-electron chi connectivity index (χ3n) is 2.64. The molecule has 1 aromatic carbocycles. The largest absolute Gasteiger partial charge is 0.362 e. The van der Waals surface area contributed by atoms with E-state index in [0.29, 0.717) is 12.6 Å². The Bertz CT molecular complexity index is 395. The van der Waals surface area contributed by atoms with E-state index in [1.54, 1.807) is 0 Å². The van der Waals surface area contributed by atoms with Gasteiger partial charge in [-0.05, 0) is 31.7 Å². The fourth-order valence-corrected chi connectivity index (χ4v) is 1.82. The van der Waals surface area contributed by atoms with Crippen molar-refractivity contribution >= 4 is 17.3 Å². The summed E-state index contributed by atoms with van der Waals surface area (Å²) < 4.78 is 0. The van der Waals surface area contributed by atoms with Gasteiger partial charge in [0.05, 0.1) is 17.3 Å². The first kappa shape index (κ1) is 12.9. The Kier molecular flexibility index (Phi) is 4.67. The molecule has 0 heterocycles. The first-order valence-electron chi connectivity index (χ1n) is 5.21. The Morgan fingerprint density at radius 2 is 2.25 bits per heavy atom. The normalized spacial score (nSPS) is 11.9. The minimum atomic E-state index is 0.296. The Hall–Kier alpha value is -1.17. The molecule has 16 heavy (non-hydrogen) atoms. The maximum Gasteiger partial charge on any atom is 0.0788 e. The first-order chi connectivity index (χ1) is 7.60. The zero-order chi connectivity index (χ0) is 12.1. The molecule has 0 saturated carbocycles. The number of nitrogens with one attached hydrogen (secondary N) is 1. The van der Waals surface area contributed by atoms with E-state index in [1.165, 1.54) is 5.56 Å². The Morgan fingerprint density at radius 3 is 2.75 bits per heavy atom. The van der Waals surface area contributed by atoms with Crippen molar-refractivity contribution in [1.29, 1.82) is 0 Å². The maximum atomic E-state index is 6.22. The molecule has 1 aromatic rings. The van der Waals surface area contributed by atoms with Crippen LogP contribution in [0.2, 0.25) is 5.02 Å². The molecule has 0 saturated heterocycles. The maximum absolute atomic E-state index is 6.22. The molecular weight excluding hydrogens is 220 g/mol. The molecule has 0 bridgehead atoms. The zero-order valence-electron chi connectivity index (χ0n) is 9.92. The van der Waals surface area contributed by atoms with Crippen molar-refractivity contribution in [3.05, 3.63) is 28.8 Å². The number of benzene rings is 1. The number of halogens is 1. The fourth-order valence-electron chi connectivity index (χ4n) is 1.49. The van der Waals surface area contributed by atoms with Crippen LogP contribution in [0.1, 0.15) is 18.5 Å². The number of hydrogen-bond donors (Lipinski definition) is 1. The van der Waals surface area contributed by atoms with Crippen molar-refractivity contribution in [2.45, 2.75) is 13.0 Å². The molecule has 1 atom stereocenters. The Morgan fingerprint density at radius 1 is 1.56 bits per heavy atom. The summed E-state index contributed by atoms with van der Waals surface area (Å²) in [6.07, 6.45) is 5.27. The predicted octanol–water partition coefficient (Wildman–Crippen LogP) is 2.69. The standard InChI is InChI=1S/C13H17ClN2/c1-5-8-16(4)13-7-6-11(9-12(13)14)10(2)15-3/h1,6-7,9-10,15H,8H2,2-4H3. The molecule has 1 N–H and O–H groups in total. The number of hydrogen-bond acceptors (Lipinski definition) is 2. The summed E-state index contributed by atoms with van der Waals surface area (Å²) in [7, 11) is 3.86. The zero-order valence-corrected chi connectivity index (χ0v) is 10.7. The van der Waals surface area contributed by atoms with Gasteiger partial charge >= 0.3 is 0 Å². The molecule has 0 aromatic heterocycles. The van der Waals surface area contributed by atoms with Crippen LogP contribution in [0.3, 0.4) is 0 Å². The minimum absolute atomic E-state index is 0.296. The van der Waals surface area contributed by atoms with Crippen molar-refractivity contribution in [1.82, 2.24) is 5.32 Å². The average Bonchev–Trinajstić information content (AvgIpc) is 2.28. The van der Waals surface area contributed by atoms with Crippen LogP contribution >= 0.6 is 11.6 Å². The van der Waals surface area contributed by atoms with Crippen LogP contribution in [0, 0.1) is 12.3 Å². The van der Waals surface area contributed by atoms with E-state index in [4.69, 9.17) is 18.0 Å². The average molecular weight is 237 g/mol. The third-order valence-corrected chi connectivity index (χ3v) is 2.95. The lowest BCUT2D eigenvalue weighted by Crippen LogP contribution is -2.18. The smallest absolute Gasteiger partial charge is 0.0788 e. The van der Waals surface area contributed by atoms with Crippen LogP contribution < -0.4 is 10.2 Å². The highest BCUT2D eigenvalue weighted by molar-refractivity contribution is 6.33. The lowest BCUT2D eigenvalue weighted by atomic mass is 10.1. The summed E-state index contributed by atoms with van der Waals surface area (Å²) in [5.74, 6) is 2.60. The van der Waals surface area contributed by atoms with Gasteiger partial charge < -0.3 is 10.2 Å². The van der Waals surface area contributed by atoms with E-state index >= 15 is 0 Å². The number of nitrogens with zero attached hydrogens (tertiary/aromatic N) is 1. The molecule has 0 aliphatic heterocycles. The van der Waals surface area contributed by atoms with Gasteiger partial charge in [-0.15, -0.1) is 6.42 Å².